The molecule has 2 aromatic heterocycles. The summed E-state index contributed by atoms with van der Waals surface area (Å²) in [5, 5.41) is 10.2. The monoisotopic (exact) mass is 390 g/mol. The molecule has 0 radical (unpaired) electrons. The van der Waals surface area contributed by atoms with E-state index in [1.165, 1.54) is 0 Å². The van der Waals surface area contributed by atoms with Crippen LogP contribution in [-0.4, -0.2) is 22.1 Å². The number of para-hydroxylation sites is 1. The Labute approximate surface area is 173 Å². The molecule has 0 fully saturated rings. The van der Waals surface area contributed by atoms with Gasteiger partial charge in [0.1, 0.15) is 11.6 Å². The quantitative estimate of drug-likeness (QED) is 0.409. The molecular weight excluding hydrogens is 372 g/mol. The molecule has 2 N–H and O–H groups in total. The molecule has 0 aliphatic carbocycles. The van der Waals surface area contributed by atoms with Crippen molar-refractivity contribution in [1.82, 2.24) is 15.0 Å². The molecule has 5 rings (SSSR count). The van der Waals surface area contributed by atoms with Gasteiger partial charge in [0.05, 0.1) is 30.1 Å². The topological polar surface area (TPSA) is 77.5 Å². The average Bonchev–Trinajstić information content (AvgIpc) is 3.43. The number of methoxy groups -OCH3 is 1. The van der Waals surface area contributed by atoms with Crippen LogP contribution in [-0.2, 0) is 0 Å². The van der Waals surface area contributed by atoms with E-state index < -0.39 is 0 Å². The third kappa shape index (κ3) is 3.01. The van der Waals surface area contributed by atoms with Crippen molar-refractivity contribution in [3.05, 3.63) is 84.6 Å². The van der Waals surface area contributed by atoms with Crippen molar-refractivity contribution >= 4 is 10.9 Å². The van der Waals surface area contributed by atoms with Gasteiger partial charge in [0.25, 0.3) is 0 Å². The van der Waals surface area contributed by atoms with Crippen LogP contribution in [0.25, 0.3) is 44.8 Å². The van der Waals surface area contributed by atoms with Crippen LogP contribution in [0, 0.1) is 11.3 Å². The van der Waals surface area contributed by atoms with E-state index in [-0.39, 0.29) is 0 Å². The summed E-state index contributed by atoms with van der Waals surface area (Å²) in [6.45, 7) is 0. The van der Waals surface area contributed by atoms with Crippen molar-refractivity contribution < 1.29 is 4.74 Å². The van der Waals surface area contributed by atoms with Crippen molar-refractivity contribution in [2.75, 3.05) is 7.11 Å². The van der Waals surface area contributed by atoms with Crippen LogP contribution in [0.3, 0.4) is 0 Å². The highest BCUT2D eigenvalue weighted by Crippen LogP contribution is 2.37. The second-order valence-corrected chi connectivity index (χ2v) is 6.97. The molecule has 0 aliphatic heterocycles. The first-order chi connectivity index (χ1) is 14.8. The average molecular weight is 390 g/mol. The van der Waals surface area contributed by atoms with Gasteiger partial charge in [-0.15, -0.1) is 0 Å². The van der Waals surface area contributed by atoms with E-state index in [4.69, 9.17) is 15.0 Å². The number of nitrogens with one attached hydrogen (secondary N) is 2. The zero-order valence-corrected chi connectivity index (χ0v) is 16.3. The highest BCUT2D eigenvalue weighted by Gasteiger charge is 2.18. The summed E-state index contributed by atoms with van der Waals surface area (Å²) in [5.41, 5.74) is 6.48. The maximum absolute atomic E-state index is 9.08. The van der Waals surface area contributed by atoms with Crippen molar-refractivity contribution in [2.45, 2.75) is 0 Å². The van der Waals surface area contributed by atoms with Crippen molar-refractivity contribution in [3.63, 3.8) is 0 Å². The minimum Gasteiger partial charge on any atom is -0.497 e. The number of hydrogen-bond donors (Lipinski definition) is 2. The lowest BCUT2D eigenvalue weighted by molar-refractivity contribution is 0.415. The third-order valence-corrected chi connectivity index (χ3v) is 5.21. The van der Waals surface area contributed by atoms with E-state index in [0.29, 0.717) is 5.56 Å². The number of fused-ring (bicyclic) bond motifs is 1. The summed E-state index contributed by atoms with van der Waals surface area (Å²) < 4.78 is 5.30. The molecule has 0 atom stereocenters. The van der Waals surface area contributed by atoms with Crippen LogP contribution < -0.4 is 4.74 Å². The molecule has 2 heterocycles. The highest BCUT2D eigenvalue weighted by atomic mass is 16.5. The Bertz CT molecular complexity index is 1370. The van der Waals surface area contributed by atoms with Crippen LogP contribution in [0.4, 0.5) is 0 Å². The third-order valence-electron chi connectivity index (χ3n) is 5.21. The molecule has 0 saturated heterocycles. The van der Waals surface area contributed by atoms with Gasteiger partial charge in [-0.25, -0.2) is 4.98 Å². The van der Waals surface area contributed by atoms with Gasteiger partial charge in [0.2, 0.25) is 0 Å². The normalized spacial score (nSPS) is 10.8. The number of imidazole rings is 1. The van der Waals surface area contributed by atoms with Crippen LogP contribution in [0.5, 0.6) is 5.75 Å². The van der Waals surface area contributed by atoms with Crippen LogP contribution in [0.1, 0.15) is 5.56 Å². The number of nitriles is 1. The number of benzene rings is 3. The van der Waals surface area contributed by atoms with Gasteiger partial charge in [-0.05, 0) is 54.6 Å². The Hall–Kier alpha value is -4.30. The number of H-pyrrole nitrogens is 2. The molecule has 0 bridgehead atoms. The van der Waals surface area contributed by atoms with Crippen LogP contribution in [0.2, 0.25) is 0 Å². The lowest BCUT2D eigenvalue weighted by Gasteiger charge is -2.04. The number of hydrogen-bond acceptors (Lipinski definition) is 3. The van der Waals surface area contributed by atoms with Crippen molar-refractivity contribution in [1.29, 1.82) is 5.26 Å². The Morgan fingerprint density at radius 3 is 2.37 bits per heavy atom. The van der Waals surface area contributed by atoms with Crippen LogP contribution in [0.15, 0.2) is 79.0 Å². The summed E-state index contributed by atoms with van der Waals surface area (Å²) >= 11 is 0. The molecular formula is C25H18N4O. The highest BCUT2D eigenvalue weighted by molar-refractivity contribution is 5.98. The maximum atomic E-state index is 9.08. The van der Waals surface area contributed by atoms with E-state index in [1.807, 2.05) is 54.7 Å². The smallest absolute Gasteiger partial charge is 0.138 e. The number of ether oxygens (including phenoxy) is 1. The Balaban J connectivity index is 1.70. The van der Waals surface area contributed by atoms with E-state index in [1.54, 1.807) is 19.2 Å². The number of aromatic nitrogens is 3. The standard InChI is InChI=1S/C25H18N4O/c1-30-19-12-10-17(11-13-19)23-24(21-15-27-22-5-3-2-4-20(21)22)29-25(28-23)18-8-6-16(14-26)7-9-18/h2-13,15,27H,1H3,(H,28,29). The molecule has 5 aromatic rings. The SMILES string of the molecule is COc1ccc(-c2nc(-c3ccc(C#N)cc3)[nH]c2-c2c[nH]c3ccccc23)cc1. The lowest BCUT2D eigenvalue weighted by atomic mass is 10.0. The molecule has 30 heavy (non-hydrogen) atoms. The summed E-state index contributed by atoms with van der Waals surface area (Å²) in [7, 11) is 1.66. The zero-order chi connectivity index (χ0) is 20.5. The number of nitrogens with zero attached hydrogens (tertiary/aromatic N) is 2. The van der Waals surface area contributed by atoms with Gasteiger partial charge in [-0.2, -0.15) is 5.26 Å². The first-order valence-electron chi connectivity index (χ1n) is 9.58. The molecule has 0 saturated carbocycles. The predicted octanol–water partition coefficient (Wildman–Crippen LogP) is 5.77. The minimum atomic E-state index is 0.623. The molecule has 144 valence electrons. The second-order valence-electron chi connectivity index (χ2n) is 6.97. The molecule has 0 aliphatic rings. The Morgan fingerprint density at radius 2 is 1.63 bits per heavy atom. The summed E-state index contributed by atoms with van der Waals surface area (Å²) in [6.07, 6.45) is 2.01. The second kappa shape index (κ2) is 7.26. The molecule has 0 amide bonds. The predicted molar refractivity (Wildman–Crippen MR) is 118 cm³/mol. The van der Waals surface area contributed by atoms with Gasteiger partial charge < -0.3 is 14.7 Å². The number of aromatic amines is 2. The largest absolute Gasteiger partial charge is 0.497 e. The Morgan fingerprint density at radius 1 is 0.900 bits per heavy atom. The van der Waals surface area contributed by atoms with Crippen molar-refractivity contribution in [3.8, 4) is 45.7 Å². The van der Waals surface area contributed by atoms with E-state index >= 15 is 0 Å². The van der Waals surface area contributed by atoms with Crippen LogP contribution >= 0.6 is 0 Å². The van der Waals surface area contributed by atoms with Crippen molar-refractivity contribution in [2.24, 2.45) is 0 Å². The first kappa shape index (κ1) is 17.8. The minimum absolute atomic E-state index is 0.623. The fourth-order valence-corrected chi connectivity index (χ4v) is 3.64. The fraction of sp³-hybridized carbons (Fsp3) is 0.0400. The summed E-state index contributed by atoms with van der Waals surface area (Å²) in [5.74, 6) is 1.56. The molecule has 3 aromatic carbocycles. The van der Waals surface area contributed by atoms with Gasteiger partial charge >= 0.3 is 0 Å². The Kier molecular flexibility index (Phi) is 4.30. The summed E-state index contributed by atoms with van der Waals surface area (Å²) in [6, 6.07) is 25.7. The summed E-state index contributed by atoms with van der Waals surface area (Å²) in [4.78, 5) is 11.8. The van der Waals surface area contributed by atoms with Gasteiger partial charge in [-0.3, -0.25) is 0 Å². The lowest BCUT2D eigenvalue weighted by Crippen LogP contribution is -1.85. The fourth-order valence-electron chi connectivity index (χ4n) is 3.64. The zero-order valence-electron chi connectivity index (χ0n) is 16.3. The van der Waals surface area contributed by atoms with Gasteiger partial charge in [-0.1, -0.05) is 18.2 Å². The number of rotatable bonds is 4. The van der Waals surface area contributed by atoms with E-state index in [0.717, 1.165) is 50.6 Å². The van der Waals surface area contributed by atoms with E-state index in [9.17, 15) is 0 Å². The van der Waals surface area contributed by atoms with Gasteiger partial charge in [0.15, 0.2) is 0 Å². The molecule has 0 unspecified atom stereocenters. The first-order valence-corrected chi connectivity index (χ1v) is 9.58. The maximum Gasteiger partial charge on any atom is 0.138 e. The molecule has 5 nitrogen and oxygen atoms in total. The van der Waals surface area contributed by atoms with Gasteiger partial charge in [0, 0.05) is 33.8 Å². The van der Waals surface area contributed by atoms with E-state index in [2.05, 4.69) is 28.2 Å². The molecule has 5 heteroatoms. The molecule has 0 spiro atoms.